The van der Waals surface area contributed by atoms with E-state index >= 15 is 0 Å². The van der Waals surface area contributed by atoms with Gasteiger partial charge in [0.05, 0.1) is 24.1 Å². The van der Waals surface area contributed by atoms with Crippen LogP contribution in [0.1, 0.15) is 20.0 Å². The van der Waals surface area contributed by atoms with Gasteiger partial charge in [0.15, 0.2) is 0 Å². The number of amides is 2. The molecule has 3 rings (SSSR count). The molecule has 2 aromatic heterocycles. The van der Waals surface area contributed by atoms with E-state index in [2.05, 4.69) is 4.98 Å². The first kappa shape index (κ1) is 17.1. The smallest absolute Gasteiger partial charge is 0.330 e. The highest BCUT2D eigenvalue weighted by Crippen LogP contribution is 2.19. The van der Waals surface area contributed by atoms with E-state index in [-0.39, 0.29) is 24.9 Å². The van der Waals surface area contributed by atoms with Crippen LogP contribution in [0.25, 0.3) is 0 Å². The number of aromatic nitrogens is 1. The number of piperazine rings is 1. The molecule has 8 heteroatoms. The molecule has 7 nitrogen and oxygen atoms in total. The Labute approximate surface area is 148 Å². The zero-order valence-electron chi connectivity index (χ0n) is 13.6. The van der Waals surface area contributed by atoms with Crippen molar-refractivity contribution in [3.8, 4) is 0 Å². The molecular weight excluding hydrogens is 342 g/mol. The van der Waals surface area contributed by atoms with Gasteiger partial charge in [-0.2, -0.15) is 0 Å². The number of ether oxygens (including phenoxy) is 1. The van der Waals surface area contributed by atoms with Crippen molar-refractivity contribution in [2.45, 2.75) is 6.04 Å². The van der Waals surface area contributed by atoms with Crippen molar-refractivity contribution in [3.63, 3.8) is 0 Å². The number of carbonyl (C=O) groups excluding carboxylic acids is 3. The summed E-state index contributed by atoms with van der Waals surface area (Å²) in [6, 6.07) is 6.02. The first-order valence-electron chi connectivity index (χ1n) is 7.73. The predicted octanol–water partition coefficient (Wildman–Crippen LogP) is 1.28. The SMILES string of the molecule is COC(=O)[C@@H]1CN(C(=O)c2cccs2)CCN1C(=O)c1cccnc1. The zero-order valence-corrected chi connectivity index (χ0v) is 14.4. The maximum Gasteiger partial charge on any atom is 0.330 e. The second kappa shape index (κ2) is 7.43. The number of hydrogen-bond acceptors (Lipinski definition) is 6. The summed E-state index contributed by atoms with van der Waals surface area (Å²) in [6.45, 7) is 0.719. The summed E-state index contributed by atoms with van der Waals surface area (Å²) in [6.07, 6.45) is 3.03. The molecule has 0 spiro atoms. The molecule has 1 saturated heterocycles. The van der Waals surface area contributed by atoms with E-state index in [1.165, 1.54) is 29.5 Å². The van der Waals surface area contributed by atoms with Gasteiger partial charge in [-0.15, -0.1) is 11.3 Å². The van der Waals surface area contributed by atoms with Crippen LogP contribution in [0.3, 0.4) is 0 Å². The molecule has 0 N–H and O–H groups in total. The van der Waals surface area contributed by atoms with E-state index in [1.807, 2.05) is 5.38 Å². The predicted molar refractivity (Wildman–Crippen MR) is 91.3 cm³/mol. The molecule has 1 aliphatic rings. The number of methoxy groups -OCH3 is 1. The van der Waals surface area contributed by atoms with Gasteiger partial charge in [0, 0.05) is 25.5 Å². The lowest BCUT2D eigenvalue weighted by Crippen LogP contribution is -2.59. The molecule has 25 heavy (non-hydrogen) atoms. The van der Waals surface area contributed by atoms with E-state index in [4.69, 9.17) is 4.74 Å². The van der Waals surface area contributed by atoms with Gasteiger partial charge in [0.25, 0.3) is 11.8 Å². The summed E-state index contributed by atoms with van der Waals surface area (Å²) in [5, 5.41) is 1.83. The van der Waals surface area contributed by atoms with E-state index in [9.17, 15) is 14.4 Å². The largest absolute Gasteiger partial charge is 0.467 e. The third-order valence-corrected chi connectivity index (χ3v) is 4.90. The molecule has 0 aromatic carbocycles. The highest BCUT2D eigenvalue weighted by Gasteiger charge is 2.38. The minimum atomic E-state index is -0.838. The average molecular weight is 359 g/mol. The van der Waals surface area contributed by atoms with Gasteiger partial charge in [-0.3, -0.25) is 14.6 Å². The second-order valence-corrected chi connectivity index (χ2v) is 6.46. The van der Waals surface area contributed by atoms with Gasteiger partial charge >= 0.3 is 5.97 Å². The quantitative estimate of drug-likeness (QED) is 0.772. The molecule has 0 radical (unpaired) electrons. The zero-order chi connectivity index (χ0) is 17.8. The van der Waals surface area contributed by atoms with Crippen molar-refractivity contribution in [1.29, 1.82) is 0 Å². The summed E-state index contributed by atoms with van der Waals surface area (Å²) in [4.78, 5) is 45.0. The third-order valence-electron chi connectivity index (χ3n) is 4.04. The lowest BCUT2D eigenvalue weighted by atomic mass is 10.1. The van der Waals surface area contributed by atoms with Gasteiger partial charge in [0.2, 0.25) is 0 Å². The fourth-order valence-corrected chi connectivity index (χ4v) is 3.45. The van der Waals surface area contributed by atoms with Crippen molar-refractivity contribution in [1.82, 2.24) is 14.8 Å². The minimum Gasteiger partial charge on any atom is -0.467 e. The molecule has 1 fully saturated rings. The number of thiophene rings is 1. The topological polar surface area (TPSA) is 79.8 Å². The van der Waals surface area contributed by atoms with Crippen LogP contribution in [0.15, 0.2) is 42.0 Å². The molecule has 0 aliphatic carbocycles. The minimum absolute atomic E-state index is 0.107. The van der Waals surface area contributed by atoms with E-state index in [0.717, 1.165) is 0 Å². The number of nitrogens with zero attached hydrogens (tertiary/aromatic N) is 3. The third kappa shape index (κ3) is 3.53. The Bertz CT molecular complexity index is 763. The Balaban J connectivity index is 1.80. The maximum absolute atomic E-state index is 12.7. The van der Waals surface area contributed by atoms with Crippen LogP contribution >= 0.6 is 11.3 Å². The lowest BCUT2D eigenvalue weighted by molar-refractivity contribution is -0.147. The van der Waals surface area contributed by atoms with Crippen molar-refractivity contribution >= 4 is 29.1 Å². The van der Waals surface area contributed by atoms with Crippen LogP contribution in [-0.4, -0.2) is 65.4 Å². The van der Waals surface area contributed by atoms with Crippen molar-refractivity contribution in [2.24, 2.45) is 0 Å². The van der Waals surface area contributed by atoms with E-state index in [0.29, 0.717) is 17.0 Å². The fraction of sp³-hybridized carbons (Fsp3) is 0.294. The maximum atomic E-state index is 12.7. The highest BCUT2D eigenvalue weighted by atomic mass is 32.1. The number of carbonyl (C=O) groups is 3. The van der Waals surface area contributed by atoms with Gasteiger partial charge in [-0.1, -0.05) is 6.07 Å². The molecule has 2 aromatic rings. The van der Waals surface area contributed by atoms with Crippen LogP contribution < -0.4 is 0 Å². The summed E-state index contributed by atoms with van der Waals surface area (Å²) in [7, 11) is 1.27. The number of rotatable bonds is 3. The molecule has 0 saturated carbocycles. The van der Waals surface area contributed by atoms with Gasteiger partial charge in [0.1, 0.15) is 6.04 Å². The van der Waals surface area contributed by atoms with Crippen LogP contribution in [0.2, 0.25) is 0 Å². The summed E-state index contributed by atoms with van der Waals surface area (Å²) >= 11 is 1.35. The number of esters is 1. The highest BCUT2D eigenvalue weighted by molar-refractivity contribution is 7.12. The van der Waals surface area contributed by atoms with Gasteiger partial charge in [-0.25, -0.2) is 4.79 Å². The molecule has 130 valence electrons. The number of pyridine rings is 1. The van der Waals surface area contributed by atoms with Crippen LogP contribution in [-0.2, 0) is 9.53 Å². The normalized spacial score (nSPS) is 17.2. The molecular formula is C17H17N3O4S. The standard InChI is InChI=1S/C17H17N3O4S/c1-24-17(23)13-11-19(16(22)14-5-3-9-25-14)7-8-20(13)15(21)12-4-2-6-18-10-12/h2-6,9-10,13H,7-8,11H2,1H3/t13-/m0/s1. The Kier molecular flexibility index (Phi) is 5.08. The Hall–Kier alpha value is -2.74. The first-order valence-corrected chi connectivity index (χ1v) is 8.61. The van der Waals surface area contributed by atoms with E-state index < -0.39 is 12.0 Å². The Morgan fingerprint density at radius 1 is 1.20 bits per heavy atom. The molecule has 0 bridgehead atoms. The summed E-state index contributed by atoms with van der Waals surface area (Å²) in [5.74, 6) is -0.981. The number of hydrogen-bond donors (Lipinski definition) is 0. The monoisotopic (exact) mass is 359 g/mol. The Morgan fingerprint density at radius 3 is 2.68 bits per heavy atom. The Morgan fingerprint density at radius 2 is 2.04 bits per heavy atom. The van der Waals surface area contributed by atoms with Crippen LogP contribution in [0.5, 0.6) is 0 Å². The van der Waals surface area contributed by atoms with Crippen molar-refractivity contribution in [2.75, 3.05) is 26.7 Å². The molecule has 3 heterocycles. The lowest BCUT2D eigenvalue weighted by Gasteiger charge is -2.39. The van der Waals surface area contributed by atoms with Crippen LogP contribution in [0.4, 0.5) is 0 Å². The van der Waals surface area contributed by atoms with Gasteiger partial charge in [-0.05, 0) is 23.6 Å². The van der Waals surface area contributed by atoms with Gasteiger partial charge < -0.3 is 14.5 Å². The summed E-state index contributed by atoms with van der Waals surface area (Å²) < 4.78 is 4.84. The fourth-order valence-electron chi connectivity index (χ4n) is 2.76. The van der Waals surface area contributed by atoms with Crippen molar-refractivity contribution in [3.05, 3.63) is 52.5 Å². The van der Waals surface area contributed by atoms with E-state index in [1.54, 1.807) is 35.4 Å². The van der Waals surface area contributed by atoms with Crippen LogP contribution in [0, 0.1) is 0 Å². The average Bonchev–Trinajstić information content (AvgIpc) is 3.21. The summed E-state index contributed by atoms with van der Waals surface area (Å²) in [5.41, 5.74) is 0.398. The molecule has 2 amide bonds. The van der Waals surface area contributed by atoms with Crippen molar-refractivity contribution < 1.29 is 19.1 Å². The molecule has 1 atom stereocenters. The first-order chi connectivity index (χ1) is 12.1. The molecule has 0 unspecified atom stereocenters. The molecule has 1 aliphatic heterocycles. The second-order valence-electron chi connectivity index (χ2n) is 5.51.